The van der Waals surface area contributed by atoms with Crippen LogP contribution in [0.1, 0.15) is 71.4 Å². The third kappa shape index (κ3) is 4.69. The van der Waals surface area contributed by atoms with E-state index in [1.165, 1.54) is 6.92 Å². The van der Waals surface area contributed by atoms with Crippen molar-refractivity contribution in [1.82, 2.24) is 10.6 Å². The number of carbonyl (C=O) groups excluding carboxylic acids is 1. The van der Waals surface area contributed by atoms with Gasteiger partial charge in [0.05, 0.1) is 0 Å². The largest absolute Gasteiger partial charge is 0.486 e. The number of rotatable bonds is 6. The van der Waals surface area contributed by atoms with Crippen LogP contribution in [0.2, 0.25) is 0 Å². The third-order valence-corrected chi connectivity index (χ3v) is 7.72. The molecule has 1 unspecified atom stereocenters. The lowest BCUT2D eigenvalue weighted by Crippen LogP contribution is -2.54. The quantitative estimate of drug-likeness (QED) is 0.232. The Morgan fingerprint density at radius 1 is 1.26 bits per heavy atom. The zero-order valence-corrected chi connectivity index (χ0v) is 21.0. The van der Waals surface area contributed by atoms with Crippen LogP contribution >= 0.6 is 0 Å². The summed E-state index contributed by atoms with van der Waals surface area (Å²) in [6, 6.07) is 5.62. The molecule has 2 saturated carbocycles. The molecule has 3 aliphatic rings. The third-order valence-electron chi connectivity index (χ3n) is 7.72. The van der Waals surface area contributed by atoms with E-state index in [4.69, 9.17) is 25.6 Å². The van der Waals surface area contributed by atoms with Gasteiger partial charge in [0.15, 0.2) is 0 Å². The molecule has 1 aliphatic heterocycles. The first-order chi connectivity index (χ1) is 16.2. The highest BCUT2D eigenvalue weighted by atomic mass is 16.7. The fraction of sp³-hybridized carbons (Fsp3) is 0.640. The molecule has 0 radical (unpaired) electrons. The Morgan fingerprint density at radius 2 is 1.94 bits per heavy atom. The van der Waals surface area contributed by atoms with Crippen molar-refractivity contribution in [2.45, 2.75) is 95.6 Å². The smallest absolute Gasteiger partial charge is 0.408 e. The summed E-state index contributed by atoms with van der Waals surface area (Å²) in [7, 11) is 0. The van der Waals surface area contributed by atoms with Crippen LogP contribution in [-0.2, 0) is 20.8 Å². The predicted octanol–water partition coefficient (Wildman–Crippen LogP) is 2.86. The number of hydrogen-bond donors (Lipinski definition) is 5. The number of amides is 1. The number of aliphatic carboxylic acids is 1. The van der Waals surface area contributed by atoms with Crippen LogP contribution in [0.3, 0.4) is 0 Å². The Labute approximate surface area is 205 Å². The van der Waals surface area contributed by atoms with Crippen molar-refractivity contribution < 1.29 is 29.0 Å². The Kier molecular flexibility index (Phi) is 6.04. The number of hydrogen-bond acceptors (Lipinski definition) is 7. The molecule has 1 heterocycles. The van der Waals surface area contributed by atoms with Gasteiger partial charge < -0.3 is 25.2 Å². The van der Waals surface area contributed by atoms with Crippen molar-refractivity contribution >= 4 is 17.9 Å². The van der Waals surface area contributed by atoms with Gasteiger partial charge in [0.25, 0.3) is 0 Å². The Morgan fingerprint density at radius 3 is 2.54 bits per heavy atom. The first-order valence-corrected chi connectivity index (χ1v) is 12.0. The lowest BCUT2D eigenvalue weighted by Gasteiger charge is -2.40. The summed E-state index contributed by atoms with van der Waals surface area (Å²) in [5, 5.41) is 24.4. The zero-order valence-electron chi connectivity index (χ0n) is 21.0. The summed E-state index contributed by atoms with van der Waals surface area (Å²) >= 11 is 0. The lowest BCUT2D eigenvalue weighted by atomic mass is 9.73. The Balaban J connectivity index is 1.31. The molecule has 35 heavy (non-hydrogen) atoms. The molecule has 1 aromatic carbocycles. The van der Waals surface area contributed by atoms with Gasteiger partial charge in [0.2, 0.25) is 5.60 Å². The second kappa shape index (κ2) is 8.37. The van der Waals surface area contributed by atoms with E-state index >= 15 is 0 Å². The monoisotopic (exact) mass is 488 g/mol. The van der Waals surface area contributed by atoms with Gasteiger partial charge in [-0.15, -0.1) is 0 Å². The molecule has 2 fully saturated rings. The standard InChI is InChI=1S/C25H36N4O6/c1-22(2,3)34-21(32)29-23(4)13-25(23)11-16(12-25)28-19(26)15-6-8-17-14(10-15)7-9-18(33-17)24(5,35-27)20(30)31/h6,8,10,16,18H,7,9,11-13,27H2,1-5H3,(H2,26,28)(H,29,32)(H,30,31)/t16?,18-,23?,24+,25?/m1/s1. The van der Waals surface area contributed by atoms with Crippen molar-refractivity contribution in [3.8, 4) is 5.75 Å². The van der Waals surface area contributed by atoms with Crippen LogP contribution in [-0.4, -0.2) is 51.9 Å². The normalized spacial score (nSPS) is 30.7. The van der Waals surface area contributed by atoms with Gasteiger partial charge in [-0.3, -0.25) is 10.2 Å². The number of carboxylic acids is 1. The number of carboxylic acid groups (broad SMARTS) is 1. The van der Waals surface area contributed by atoms with Gasteiger partial charge in [-0.1, -0.05) is 0 Å². The topological polar surface area (TPSA) is 156 Å². The molecule has 4 rings (SSSR count). The van der Waals surface area contributed by atoms with Gasteiger partial charge in [0.1, 0.15) is 23.3 Å². The van der Waals surface area contributed by atoms with Crippen LogP contribution < -0.4 is 21.3 Å². The minimum atomic E-state index is -1.64. The average Bonchev–Trinajstić information content (AvgIpc) is 3.34. The molecule has 3 atom stereocenters. The average molecular weight is 489 g/mol. The fourth-order valence-electron chi connectivity index (χ4n) is 5.40. The van der Waals surface area contributed by atoms with Gasteiger partial charge in [-0.25, -0.2) is 15.5 Å². The number of nitrogens with one attached hydrogen (secondary N) is 3. The number of carbonyl (C=O) groups is 2. The summed E-state index contributed by atoms with van der Waals surface area (Å²) in [5.74, 6) is 4.98. The maximum Gasteiger partial charge on any atom is 0.408 e. The molecule has 6 N–H and O–H groups in total. The maximum absolute atomic E-state index is 12.2. The van der Waals surface area contributed by atoms with E-state index in [0.29, 0.717) is 24.4 Å². The first kappa shape index (κ1) is 25.2. The number of alkyl carbamates (subject to hydrolysis) is 1. The summed E-state index contributed by atoms with van der Waals surface area (Å²) in [5.41, 5.74) is -0.726. The lowest BCUT2D eigenvalue weighted by molar-refractivity contribution is -0.179. The maximum atomic E-state index is 12.2. The van der Waals surface area contributed by atoms with E-state index in [1.807, 2.05) is 26.8 Å². The van der Waals surface area contributed by atoms with E-state index in [1.54, 1.807) is 12.1 Å². The number of benzene rings is 1. The minimum Gasteiger partial charge on any atom is -0.486 e. The van der Waals surface area contributed by atoms with Gasteiger partial charge in [-0.05, 0) is 95.9 Å². The second-order valence-corrected chi connectivity index (χ2v) is 11.5. The highest BCUT2D eigenvalue weighted by Gasteiger charge is 2.70. The molecule has 1 spiro atoms. The Bertz CT molecular complexity index is 1050. The van der Waals surface area contributed by atoms with Crippen molar-refractivity contribution in [2.75, 3.05) is 0 Å². The first-order valence-electron chi connectivity index (χ1n) is 12.0. The van der Waals surface area contributed by atoms with Crippen molar-refractivity contribution in [3.63, 3.8) is 0 Å². The number of fused-ring (bicyclic) bond motifs is 1. The van der Waals surface area contributed by atoms with E-state index in [2.05, 4.69) is 17.6 Å². The predicted molar refractivity (Wildman–Crippen MR) is 128 cm³/mol. The molecule has 1 aromatic rings. The molecular weight excluding hydrogens is 452 g/mol. The molecule has 1 amide bonds. The second-order valence-electron chi connectivity index (χ2n) is 11.5. The van der Waals surface area contributed by atoms with Crippen molar-refractivity contribution in [1.29, 1.82) is 5.41 Å². The highest BCUT2D eigenvalue weighted by molar-refractivity contribution is 5.97. The molecule has 10 nitrogen and oxygen atoms in total. The summed E-state index contributed by atoms with van der Waals surface area (Å²) in [6.45, 7) is 9.00. The summed E-state index contributed by atoms with van der Waals surface area (Å²) in [4.78, 5) is 28.5. The van der Waals surface area contributed by atoms with Crippen LogP contribution in [0.15, 0.2) is 18.2 Å². The zero-order chi connectivity index (χ0) is 25.8. The summed E-state index contributed by atoms with van der Waals surface area (Å²) < 4.78 is 11.3. The number of amidine groups is 1. The highest BCUT2D eigenvalue weighted by Crippen LogP contribution is 2.67. The minimum absolute atomic E-state index is 0.0579. The Hall–Kier alpha value is -2.85. The molecule has 0 aromatic heterocycles. The van der Waals surface area contributed by atoms with Crippen LogP contribution in [0, 0.1) is 10.8 Å². The van der Waals surface area contributed by atoms with E-state index in [0.717, 1.165) is 30.4 Å². The molecular formula is C25H36N4O6. The summed E-state index contributed by atoms with van der Waals surface area (Å²) in [6.07, 6.45) is 2.59. The van der Waals surface area contributed by atoms with Crippen molar-refractivity contribution in [2.24, 2.45) is 11.3 Å². The van der Waals surface area contributed by atoms with Crippen LogP contribution in [0.4, 0.5) is 4.79 Å². The fourth-order valence-corrected chi connectivity index (χ4v) is 5.40. The van der Waals surface area contributed by atoms with Crippen LogP contribution in [0.5, 0.6) is 5.75 Å². The van der Waals surface area contributed by atoms with Crippen molar-refractivity contribution in [3.05, 3.63) is 29.3 Å². The van der Waals surface area contributed by atoms with E-state index in [-0.39, 0.29) is 23.1 Å². The van der Waals surface area contributed by atoms with Gasteiger partial charge in [-0.2, -0.15) is 0 Å². The molecule has 2 aliphatic carbocycles. The number of aryl methyl sites for hydroxylation is 1. The number of ether oxygens (including phenoxy) is 2. The molecule has 10 heteroatoms. The van der Waals surface area contributed by atoms with Gasteiger partial charge in [0, 0.05) is 17.1 Å². The van der Waals surface area contributed by atoms with Gasteiger partial charge >= 0.3 is 12.1 Å². The number of nitrogens with two attached hydrogens (primary N) is 1. The van der Waals surface area contributed by atoms with E-state index < -0.39 is 23.3 Å². The molecule has 192 valence electrons. The molecule has 0 bridgehead atoms. The SMILES string of the molecule is CC(C)(C)OC(=O)NC1(C)CC12CC(NC(=N)c1ccc3c(c1)CC[C@H]([C@](C)(ON)C(=O)O)O3)C2. The van der Waals surface area contributed by atoms with Crippen LogP contribution in [0.25, 0.3) is 0 Å². The van der Waals surface area contributed by atoms with E-state index in [9.17, 15) is 14.7 Å². The molecule has 0 saturated heterocycles.